The first-order chi connectivity index (χ1) is 12.6. The van der Waals surface area contributed by atoms with Gasteiger partial charge in [-0.05, 0) is 38.7 Å². The van der Waals surface area contributed by atoms with Crippen LogP contribution in [0.4, 0.5) is 0 Å². The number of carbonyl (C=O) groups excluding carboxylic acids is 2. The third-order valence-electron chi connectivity index (χ3n) is 3.40. The zero-order valence-electron chi connectivity index (χ0n) is 15.2. The van der Waals surface area contributed by atoms with Gasteiger partial charge in [0.15, 0.2) is 0 Å². The maximum absolute atomic E-state index is 9.41. The van der Waals surface area contributed by atoms with E-state index in [1.165, 1.54) is 0 Å². The second kappa shape index (κ2) is 10.8. The molecule has 0 amide bonds. The van der Waals surface area contributed by atoms with Crippen LogP contribution in [-0.2, 0) is 9.59 Å². The van der Waals surface area contributed by atoms with Crippen LogP contribution in [0.25, 0.3) is 0 Å². The molecule has 10 heteroatoms. The molecule has 0 aromatic carbocycles. The minimum atomic E-state index is -1.55. The van der Waals surface area contributed by atoms with Gasteiger partial charge in [-0.25, -0.2) is 4.98 Å². The molecule has 8 nitrogen and oxygen atoms in total. The molecule has 1 atom stereocenters. The van der Waals surface area contributed by atoms with Crippen molar-refractivity contribution in [1.29, 1.82) is 0 Å². The third-order valence-corrected chi connectivity index (χ3v) is 4.14. The minimum Gasteiger partial charge on any atom is -0.545 e. The first-order valence-corrected chi connectivity index (χ1v) is 8.71. The van der Waals surface area contributed by atoms with Crippen LogP contribution in [0.15, 0.2) is 24.4 Å². The molecule has 2 rings (SSSR count). The number of fused-ring (bicyclic) bond motifs is 1. The van der Waals surface area contributed by atoms with Crippen LogP contribution in [0.2, 0.25) is 5.02 Å². The van der Waals surface area contributed by atoms with Gasteiger partial charge in [0.25, 0.3) is 0 Å². The zero-order valence-corrected chi connectivity index (χ0v) is 16.7. The van der Waals surface area contributed by atoms with E-state index in [2.05, 4.69) is 24.0 Å². The number of likely N-dealkylation sites (N-methyl/N-ethyl adjacent to an activating group) is 1. The third kappa shape index (κ3) is 8.33. The van der Waals surface area contributed by atoms with E-state index < -0.39 is 11.9 Å². The van der Waals surface area contributed by atoms with Crippen LogP contribution < -0.4 is 14.9 Å². The highest BCUT2D eigenvalue weighted by Gasteiger charge is 2.25. The summed E-state index contributed by atoms with van der Waals surface area (Å²) in [7, 11) is 6.08. The van der Waals surface area contributed by atoms with Crippen molar-refractivity contribution >= 4 is 40.7 Å². The summed E-state index contributed by atoms with van der Waals surface area (Å²) in [5, 5.41) is 19.4. The number of ether oxygens (including phenoxy) is 1. The van der Waals surface area contributed by atoms with Gasteiger partial charge in [-0.2, -0.15) is 0 Å². The van der Waals surface area contributed by atoms with E-state index in [1.54, 1.807) is 6.20 Å². The number of thiocarbonyl (C=S) groups is 1. The molecule has 1 aliphatic heterocycles. The van der Waals surface area contributed by atoms with Crippen LogP contribution in [0.3, 0.4) is 0 Å². The highest BCUT2D eigenvalue weighted by molar-refractivity contribution is 7.80. The monoisotopic (exact) mass is 413 g/mol. The molecule has 148 valence electrons. The van der Waals surface area contributed by atoms with Crippen molar-refractivity contribution in [2.75, 3.05) is 34.2 Å². The van der Waals surface area contributed by atoms with Gasteiger partial charge in [0.05, 0.1) is 29.1 Å². The molecule has 0 N–H and O–H groups in total. The van der Waals surface area contributed by atoms with Crippen molar-refractivity contribution in [3.05, 3.63) is 35.0 Å². The standard InChI is InChI=1S/C13H18ClN3OS.C4H4O4/c1-16(2)5-4-10-8-17(3)13(19)11-6-9(14)7-15-12(11)18-10;5-3(6)1-2-4(7)8/h6-7,10H,4-5,8H2,1-3H3;1-2H,(H,5,6)(H,7,8)/p-2/b;2-1+. The summed E-state index contributed by atoms with van der Waals surface area (Å²) in [6, 6.07) is 1.82. The predicted molar refractivity (Wildman–Crippen MR) is 100 cm³/mol. The maximum atomic E-state index is 9.41. The van der Waals surface area contributed by atoms with Gasteiger partial charge in [-0.15, -0.1) is 0 Å². The Morgan fingerprint density at radius 1 is 1.41 bits per heavy atom. The van der Waals surface area contributed by atoms with E-state index in [-0.39, 0.29) is 6.10 Å². The van der Waals surface area contributed by atoms with Crippen molar-refractivity contribution in [2.24, 2.45) is 0 Å². The van der Waals surface area contributed by atoms with Crippen LogP contribution in [0, 0.1) is 0 Å². The van der Waals surface area contributed by atoms with E-state index in [0.29, 0.717) is 23.1 Å². The molecule has 27 heavy (non-hydrogen) atoms. The number of halogens is 1. The van der Waals surface area contributed by atoms with Crippen molar-refractivity contribution in [3.8, 4) is 5.88 Å². The summed E-state index contributed by atoms with van der Waals surface area (Å²) in [4.78, 5) is 28.0. The molecule has 0 radical (unpaired) electrons. The predicted octanol–water partition coefficient (Wildman–Crippen LogP) is -0.903. The molecular weight excluding hydrogens is 394 g/mol. The van der Waals surface area contributed by atoms with Gasteiger partial charge in [-0.3, -0.25) is 0 Å². The fourth-order valence-electron chi connectivity index (χ4n) is 2.15. The zero-order chi connectivity index (χ0) is 20.6. The van der Waals surface area contributed by atoms with E-state index in [9.17, 15) is 19.8 Å². The summed E-state index contributed by atoms with van der Waals surface area (Å²) in [6.45, 7) is 1.73. The lowest BCUT2D eigenvalue weighted by atomic mass is 10.2. The average Bonchev–Trinajstić information content (AvgIpc) is 2.69. The summed E-state index contributed by atoms with van der Waals surface area (Å²) in [5.41, 5.74) is 0.803. The van der Waals surface area contributed by atoms with Crippen molar-refractivity contribution in [2.45, 2.75) is 12.5 Å². The van der Waals surface area contributed by atoms with Gasteiger partial charge in [0, 0.05) is 19.8 Å². The highest BCUT2D eigenvalue weighted by atomic mass is 35.5. The van der Waals surface area contributed by atoms with Crippen molar-refractivity contribution < 1.29 is 24.5 Å². The van der Waals surface area contributed by atoms with E-state index in [1.807, 2.05) is 18.0 Å². The summed E-state index contributed by atoms with van der Waals surface area (Å²) >= 11 is 11.4. The normalized spacial score (nSPS) is 16.3. The molecule has 0 aliphatic carbocycles. The maximum Gasteiger partial charge on any atom is 0.224 e. The van der Waals surface area contributed by atoms with Gasteiger partial charge in [0.2, 0.25) is 5.88 Å². The first-order valence-electron chi connectivity index (χ1n) is 7.92. The number of aliphatic carboxylic acids is 2. The minimum absolute atomic E-state index is 0.0836. The Kier molecular flexibility index (Phi) is 9.13. The van der Waals surface area contributed by atoms with Crippen molar-refractivity contribution in [3.63, 3.8) is 0 Å². The Labute approximate surface area is 168 Å². The van der Waals surface area contributed by atoms with E-state index >= 15 is 0 Å². The first kappa shape index (κ1) is 22.8. The molecule has 0 saturated heterocycles. The molecule has 0 bridgehead atoms. The van der Waals surface area contributed by atoms with Gasteiger partial charge in [-0.1, -0.05) is 23.8 Å². The molecule has 0 saturated carbocycles. The Hall–Kier alpha value is -2.23. The van der Waals surface area contributed by atoms with E-state index in [0.717, 1.165) is 30.1 Å². The molecular formula is C17H20ClN3O5S-2. The SMILES string of the molecule is CN(C)CCC1CN(C)C(=S)c2cc(Cl)cnc2O1.O=C([O-])/C=C/C(=O)[O-]. The summed E-state index contributed by atoms with van der Waals surface area (Å²) in [5.74, 6) is -2.51. The topological polar surface area (TPSA) is 109 Å². The molecule has 1 aliphatic rings. The molecule has 0 spiro atoms. The molecule has 0 fully saturated rings. The number of pyridine rings is 1. The van der Waals surface area contributed by atoms with Crippen molar-refractivity contribution in [1.82, 2.24) is 14.8 Å². The fraction of sp³-hybridized carbons (Fsp3) is 0.412. The number of aromatic nitrogens is 1. The Balaban J connectivity index is 0.000000387. The van der Waals surface area contributed by atoms with Crippen LogP contribution in [0.5, 0.6) is 5.88 Å². The van der Waals surface area contributed by atoms with Gasteiger partial charge < -0.3 is 34.3 Å². The summed E-state index contributed by atoms with van der Waals surface area (Å²) < 4.78 is 5.98. The Morgan fingerprint density at radius 2 is 2.00 bits per heavy atom. The lowest BCUT2D eigenvalue weighted by Crippen LogP contribution is -2.35. The lowest BCUT2D eigenvalue weighted by molar-refractivity contribution is -0.301. The number of carboxylic acid groups (broad SMARTS) is 2. The lowest BCUT2D eigenvalue weighted by Gasteiger charge is -2.22. The smallest absolute Gasteiger partial charge is 0.224 e. The Bertz CT molecular complexity index is 711. The molecule has 2 heterocycles. The molecule has 1 unspecified atom stereocenters. The second-order valence-corrected chi connectivity index (χ2v) is 6.82. The number of hydrogen-bond acceptors (Lipinski definition) is 8. The van der Waals surface area contributed by atoms with Crippen LogP contribution in [0.1, 0.15) is 12.0 Å². The van der Waals surface area contributed by atoms with Gasteiger partial charge in [0.1, 0.15) is 11.1 Å². The fourth-order valence-corrected chi connectivity index (χ4v) is 2.53. The van der Waals surface area contributed by atoms with Crippen LogP contribution in [-0.4, -0.2) is 72.0 Å². The number of carboxylic acids is 2. The second-order valence-electron chi connectivity index (χ2n) is 6.00. The highest BCUT2D eigenvalue weighted by Crippen LogP contribution is 2.26. The van der Waals surface area contributed by atoms with E-state index in [4.69, 9.17) is 28.6 Å². The molecule has 1 aromatic heterocycles. The number of rotatable bonds is 5. The average molecular weight is 414 g/mol. The largest absolute Gasteiger partial charge is 0.545 e. The van der Waals surface area contributed by atoms with Gasteiger partial charge >= 0.3 is 0 Å². The summed E-state index contributed by atoms with van der Waals surface area (Å²) in [6.07, 6.45) is 3.38. The van der Waals surface area contributed by atoms with Crippen LogP contribution >= 0.6 is 23.8 Å². The number of carbonyl (C=O) groups is 2. The Morgan fingerprint density at radius 3 is 2.52 bits per heavy atom. The number of hydrogen-bond donors (Lipinski definition) is 0. The molecule has 1 aromatic rings. The quantitative estimate of drug-likeness (QED) is 0.448. The number of nitrogens with zero attached hydrogens (tertiary/aromatic N) is 3.